The zero-order valence-electron chi connectivity index (χ0n) is 9.31. The van der Waals surface area contributed by atoms with Crippen LogP contribution in [0.25, 0.3) is 11.5 Å². The molecule has 2 N–H and O–H groups in total. The van der Waals surface area contributed by atoms with Gasteiger partial charge in [0.25, 0.3) is 5.89 Å². The summed E-state index contributed by atoms with van der Waals surface area (Å²) in [7, 11) is 0. The number of benzene rings is 1. The standard InChI is InChI=1S/C11H12ClN3OS/c1-2-17-6-10-14-11(16-15-10)8-5-7(12)3-4-9(8)13/h3-5H,2,6,13H2,1H3. The van der Waals surface area contributed by atoms with E-state index >= 15 is 0 Å². The Morgan fingerprint density at radius 3 is 3.06 bits per heavy atom. The number of nitrogens with zero attached hydrogens (tertiary/aromatic N) is 2. The molecule has 0 aliphatic carbocycles. The number of halogens is 1. The molecular weight excluding hydrogens is 258 g/mol. The molecule has 17 heavy (non-hydrogen) atoms. The molecule has 0 radical (unpaired) electrons. The zero-order valence-corrected chi connectivity index (χ0v) is 10.9. The Hall–Kier alpha value is -1.20. The first-order valence-electron chi connectivity index (χ1n) is 5.16. The second-order valence-electron chi connectivity index (χ2n) is 3.38. The van der Waals surface area contributed by atoms with Crippen LogP contribution in [0.4, 0.5) is 5.69 Å². The second-order valence-corrected chi connectivity index (χ2v) is 5.10. The maximum absolute atomic E-state index is 5.91. The molecule has 90 valence electrons. The maximum atomic E-state index is 5.91. The van der Waals surface area contributed by atoms with Crippen molar-refractivity contribution >= 4 is 29.1 Å². The van der Waals surface area contributed by atoms with Crippen molar-refractivity contribution in [1.29, 1.82) is 0 Å². The summed E-state index contributed by atoms with van der Waals surface area (Å²) >= 11 is 7.64. The molecule has 0 unspecified atom stereocenters. The molecule has 0 atom stereocenters. The van der Waals surface area contributed by atoms with Crippen LogP contribution in [0.2, 0.25) is 5.02 Å². The molecule has 0 aliphatic rings. The lowest BCUT2D eigenvalue weighted by atomic mass is 10.2. The Labute approximate surface area is 109 Å². The van der Waals surface area contributed by atoms with E-state index in [0.29, 0.717) is 28.0 Å². The van der Waals surface area contributed by atoms with E-state index in [4.69, 9.17) is 21.9 Å². The van der Waals surface area contributed by atoms with Gasteiger partial charge in [0.2, 0.25) is 0 Å². The van der Waals surface area contributed by atoms with Crippen molar-refractivity contribution in [2.45, 2.75) is 12.7 Å². The van der Waals surface area contributed by atoms with Gasteiger partial charge in [0.1, 0.15) is 0 Å². The van der Waals surface area contributed by atoms with Crippen LogP contribution < -0.4 is 5.73 Å². The van der Waals surface area contributed by atoms with E-state index in [-0.39, 0.29) is 0 Å². The summed E-state index contributed by atoms with van der Waals surface area (Å²) in [5, 5.41) is 4.49. The molecule has 0 amide bonds. The summed E-state index contributed by atoms with van der Waals surface area (Å²) < 4.78 is 5.17. The van der Waals surface area contributed by atoms with Crippen LogP contribution in [0, 0.1) is 0 Å². The molecule has 1 aromatic heterocycles. The monoisotopic (exact) mass is 269 g/mol. The van der Waals surface area contributed by atoms with E-state index in [2.05, 4.69) is 17.1 Å². The number of hydrogen-bond acceptors (Lipinski definition) is 5. The normalized spacial score (nSPS) is 10.7. The van der Waals surface area contributed by atoms with Gasteiger partial charge in [-0.3, -0.25) is 0 Å². The van der Waals surface area contributed by atoms with E-state index in [0.717, 1.165) is 11.5 Å². The fourth-order valence-corrected chi connectivity index (χ4v) is 2.01. The molecule has 0 saturated carbocycles. The van der Waals surface area contributed by atoms with Gasteiger partial charge in [-0.2, -0.15) is 16.7 Å². The van der Waals surface area contributed by atoms with E-state index in [1.54, 1.807) is 30.0 Å². The second kappa shape index (κ2) is 5.42. The fourth-order valence-electron chi connectivity index (χ4n) is 1.33. The first kappa shape index (κ1) is 12.3. The minimum Gasteiger partial charge on any atom is -0.398 e. The summed E-state index contributed by atoms with van der Waals surface area (Å²) in [4.78, 5) is 4.28. The first-order chi connectivity index (χ1) is 8.20. The van der Waals surface area contributed by atoms with E-state index in [1.165, 1.54) is 0 Å². The number of hydrogen-bond donors (Lipinski definition) is 1. The van der Waals surface area contributed by atoms with E-state index in [1.807, 2.05) is 0 Å². The van der Waals surface area contributed by atoms with E-state index in [9.17, 15) is 0 Å². The molecule has 2 aromatic rings. The highest BCUT2D eigenvalue weighted by atomic mass is 35.5. The van der Waals surface area contributed by atoms with Crippen LogP contribution in [0.15, 0.2) is 22.7 Å². The molecule has 0 spiro atoms. The number of nitrogen functional groups attached to an aromatic ring is 1. The molecule has 1 aromatic carbocycles. The van der Waals surface area contributed by atoms with Gasteiger partial charge in [-0.25, -0.2) is 0 Å². The van der Waals surface area contributed by atoms with Gasteiger partial charge in [0, 0.05) is 10.7 Å². The van der Waals surface area contributed by atoms with Crippen molar-refractivity contribution < 1.29 is 4.52 Å². The van der Waals surface area contributed by atoms with Gasteiger partial charge < -0.3 is 10.3 Å². The molecule has 0 aliphatic heterocycles. The lowest BCUT2D eigenvalue weighted by molar-refractivity contribution is 0.425. The van der Waals surface area contributed by atoms with Gasteiger partial charge >= 0.3 is 0 Å². The van der Waals surface area contributed by atoms with Gasteiger partial charge in [0.15, 0.2) is 5.82 Å². The quantitative estimate of drug-likeness (QED) is 0.864. The fraction of sp³-hybridized carbons (Fsp3) is 0.273. The van der Waals surface area contributed by atoms with Crippen molar-refractivity contribution in [2.24, 2.45) is 0 Å². The minimum absolute atomic E-state index is 0.414. The summed E-state index contributed by atoms with van der Waals surface area (Å²) in [5.41, 5.74) is 7.09. The Bertz CT molecular complexity index is 515. The van der Waals surface area contributed by atoms with Crippen LogP contribution in [0.5, 0.6) is 0 Å². The summed E-state index contributed by atoms with van der Waals surface area (Å²) in [6.07, 6.45) is 0. The highest BCUT2D eigenvalue weighted by Crippen LogP contribution is 2.27. The Morgan fingerprint density at radius 2 is 2.29 bits per heavy atom. The number of aromatic nitrogens is 2. The van der Waals surface area contributed by atoms with Gasteiger partial charge in [-0.05, 0) is 24.0 Å². The minimum atomic E-state index is 0.414. The SMILES string of the molecule is CCSCc1noc(-c2cc(Cl)ccc2N)n1. The molecule has 0 fully saturated rings. The van der Waals surface area contributed by atoms with Crippen LogP contribution in [-0.4, -0.2) is 15.9 Å². The molecule has 0 saturated heterocycles. The van der Waals surface area contributed by atoms with Crippen molar-refractivity contribution in [3.05, 3.63) is 29.0 Å². The Kier molecular flexibility index (Phi) is 3.91. The number of anilines is 1. The average Bonchev–Trinajstić information content (AvgIpc) is 2.78. The molecule has 0 bridgehead atoms. The van der Waals surface area contributed by atoms with E-state index < -0.39 is 0 Å². The summed E-state index contributed by atoms with van der Waals surface area (Å²) in [6.45, 7) is 2.08. The van der Waals surface area contributed by atoms with Crippen LogP contribution >= 0.6 is 23.4 Å². The Balaban J connectivity index is 2.27. The highest BCUT2D eigenvalue weighted by Gasteiger charge is 2.12. The first-order valence-corrected chi connectivity index (χ1v) is 6.69. The number of nitrogens with two attached hydrogens (primary N) is 1. The molecule has 4 nitrogen and oxygen atoms in total. The van der Waals surface area contributed by atoms with Gasteiger partial charge in [-0.15, -0.1) is 0 Å². The third-order valence-corrected chi connectivity index (χ3v) is 3.25. The average molecular weight is 270 g/mol. The van der Waals surface area contributed by atoms with Gasteiger partial charge in [-0.1, -0.05) is 23.7 Å². The maximum Gasteiger partial charge on any atom is 0.260 e. The predicted octanol–water partition coefficient (Wildman–Crippen LogP) is 3.23. The van der Waals surface area contributed by atoms with Gasteiger partial charge in [0.05, 0.1) is 11.3 Å². The number of rotatable bonds is 4. The van der Waals surface area contributed by atoms with Crippen molar-refractivity contribution in [2.75, 3.05) is 11.5 Å². The van der Waals surface area contributed by atoms with Crippen LogP contribution in [0.1, 0.15) is 12.7 Å². The third-order valence-electron chi connectivity index (χ3n) is 2.15. The van der Waals surface area contributed by atoms with Crippen molar-refractivity contribution in [3.8, 4) is 11.5 Å². The lowest BCUT2D eigenvalue weighted by Crippen LogP contribution is -1.90. The molecule has 1 heterocycles. The van der Waals surface area contributed by atoms with Crippen LogP contribution in [-0.2, 0) is 5.75 Å². The van der Waals surface area contributed by atoms with Crippen LogP contribution in [0.3, 0.4) is 0 Å². The van der Waals surface area contributed by atoms with Crippen molar-refractivity contribution in [3.63, 3.8) is 0 Å². The summed E-state index contributed by atoms with van der Waals surface area (Å²) in [5.74, 6) is 2.84. The largest absolute Gasteiger partial charge is 0.398 e. The zero-order chi connectivity index (χ0) is 12.3. The summed E-state index contributed by atoms with van der Waals surface area (Å²) in [6, 6.07) is 5.17. The number of thioether (sulfide) groups is 1. The molecular formula is C11H12ClN3OS. The lowest BCUT2D eigenvalue weighted by Gasteiger charge is -2.00. The molecule has 2 rings (SSSR count). The van der Waals surface area contributed by atoms with Crippen molar-refractivity contribution in [1.82, 2.24) is 10.1 Å². The Morgan fingerprint density at radius 1 is 1.47 bits per heavy atom. The third kappa shape index (κ3) is 2.92. The smallest absolute Gasteiger partial charge is 0.260 e. The highest BCUT2D eigenvalue weighted by molar-refractivity contribution is 7.98. The predicted molar refractivity (Wildman–Crippen MR) is 71.0 cm³/mol. The molecule has 6 heteroatoms. The topological polar surface area (TPSA) is 64.9 Å².